The molecule has 0 amide bonds. The minimum atomic E-state index is -2.30. The van der Waals surface area contributed by atoms with Gasteiger partial charge in [0.1, 0.15) is 0 Å². The standard InChI is InChI=1S/C4H8O2S.Na.H/c1-4(2)3-7(5)6;;/h3,7H,1-2H3;;. The summed E-state index contributed by atoms with van der Waals surface area (Å²) in [5.74, 6) is 0. The second-order valence-electron chi connectivity index (χ2n) is 1.49. The van der Waals surface area contributed by atoms with E-state index in [9.17, 15) is 8.42 Å². The SMILES string of the molecule is CC(C)=C[SH](=O)=O.[NaH]. The Morgan fingerprint density at radius 3 is 1.75 bits per heavy atom. The van der Waals surface area contributed by atoms with Crippen molar-refractivity contribution in [3.05, 3.63) is 11.0 Å². The van der Waals surface area contributed by atoms with Gasteiger partial charge in [-0.05, 0) is 13.8 Å². The molecule has 0 aromatic rings. The average molecular weight is 144 g/mol. The molecule has 8 heavy (non-hydrogen) atoms. The number of hydrogen-bond acceptors (Lipinski definition) is 2. The predicted octanol–water partition coefficient (Wildman–Crippen LogP) is -0.127. The molecule has 0 saturated carbocycles. The quantitative estimate of drug-likeness (QED) is 0.411. The maximum atomic E-state index is 9.77. The Kier molecular flexibility index (Phi) is 8.35. The first-order valence-electron chi connectivity index (χ1n) is 1.91. The number of thiol groups is 1. The van der Waals surface area contributed by atoms with Gasteiger partial charge in [0.15, 0.2) is 10.7 Å². The summed E-state index contributed by atoms with van der Waals surface area (Å²) in [5, 5.41) is 1.20. The molecule has 0 unspecified atom stereocenters. The third kappa shape index (κ3) is 9.85. The molecule has 0 N–H and O–H groups in total. The van der Waals surface area contributed by atoms with Crippen molar-refractivity contribution in [2.24, 2.45) is 0 Å². The Hall–Kier alpha value is 0.690. The van der Waals surface area contributed by atoms with Gasteiger partial charge in [0.2, 0.25) is 0 Å². The van der Waals surface area contributed by atoms with Crippen molar-refractivity contribution in [2.75, 3.05) is 0 Å². The van der Waals surface area contributed by atoms with Crippen LogP contribution in [0, 0.1) is 0 Å². The second kappa shape index (κ2) is 5.82. The Labute approximate surface area is 73.2 Å². The fourth-order valence-electron chi connectivity index (χ4n) is 0.211. The topological polar surface area (TPSA) is 34.1 Å². The van der Waals surface area contributed by atoms with Gasteiger partial charge in [0, 0.05) is 5.41 Å². The zero-order valence-electron chi connectivity index (χ0n) is 4.34. The van der Waals surface area contributed by atoms with Crippen molar-refractivity contribution < 1.29 is 8.42 Å². The molecule has 0 fully saturated rings. The van der Waals surface area contributed by atoms with Crippen LogP contribution in [0.15, 0.2) is 11.0 Å². The van der Waals surface area contributed by atoms with E-state index >= 15 is 0 Å². The molecular weight excluding hydrogens is 135 g/mol. The van der Waals surface area contributed by atoms with Gasteiger partial charge in [0.25, 0.3) is 0 Å². The van der Waals surface area contributed by atoms with E-state index < -0.39 is 10.7 Å². The van der Waals surface area contributed by atoms with Crippen molar-refractivity contribution in [3.63, 3.8) is 0 Å². The van der Waals surface area contributed by atoms with Crippen molar-refractivity contribution in [1.82, 2.24) is 0 Å². The van der Waals surface area contributed by atoms with Crippen molar-refractivity contribution in [3.8, 4) is 0 Å². The Morgan fingerprint density at radius 2 is 1.75 bits per heavy atom. The summed E-state index contributed by atoms with van der Waals surface area (Å²) in [5.41, 5.74) is 0.816. The summed E-state index contributed by atoms with van der Waals surface area (Å²) in [4.78, 5) is 0. The molecule has 0 bridgehead atoms. The van der Waals surface area contributed by atoms with Crippen LogP contribution in [-0.4, -0.2) is 38.0 Å². The Bertz CT molecular complexity index is 136. The molecule has 0 radical (unpaired) electrons. The van der Waals surface area contributed by atoms with E-state index in [1.165, 1.54) is 5.41 Å². The normalized spacial score (nSPS) is 7.88. The number of hydrogen-bond donors (Lipinski definition) is 1. The molecule has 44 valence electrons. The van der Waals surface area contributed by atoms with Crippen LogP contribution >= 0.6 is 0 Å². The van der Waals surface area contributed by atoms with Crippen LogP contribution in [0.4, 0.5) is 0 Å². The average Bonchev–Trinajstić information content (AvgIpc) is 1.27. The maximum absolute atomic E-state index is 9.77. The van der Waals surface area contributed by atoms with Crippen LogP contribution in [0.3, 0.4) is 0 Å². The van der Waals surface area contributed by atoms with Gasteiger partial charge >= 0.3 is 29.6 Å². The zero-order chi connectivity index (χ0) is 5.86. The summed E-state index contributed by atoms with van der Waals surface area (Å²) in [6.45, 7) is 3.48. The van der Waals surface area contributed by atoms with Crippen molar-refractivity contribution in [2.45, 2.75) is 13.8 Å². The fourth-order valence-corrected chi connectivity index (χ4v) is 0.632. The van der Waals surface area contributed by atoms with Gasteiger partial charge in [-0.15, -0.1) is 0 Å². The molecule has 4 heteroatoms. The van der Waals surface area contributed by atoms with E-state index in [4.69, 9.17) is 0 Å². The second-order valence-corrected chi connectivity index (χ2v) is 2.32. The molecular formula is C4H9NaO2S. The first-order valence-corrected chi connectivity index (χ1v) is 3.16. The first kappa shape index (κ1) is 11.5. The molecule has 0 spiro atoms. The summed E-state index contributed by atoms with van der Waals surface area (Å²) in [6, 6.07) is 0. The van der Waals surface area contributed by atoms with E-state index in [0.717, 1.165) is 5.57 Å². The molecule has 0 aliphatic rings. The first-order chi connectivity index (χ1) is 3.13. The Morgan fingerprint density at radius 1 is 1.38 bits per heavy atom. The summed E-state index contributed by atoms with van der Waals surface area (Å²) in [6.07, 6.45) is 0. The van der Waals surface area contributed by atoms with E-state index in [1.807, 2.05) is 0 Å². The fraction of sp³-hybridized carbons (Fsp3) is 0.500. The van der Waals surface area contributed by atoms with Crippen molar-refractivity contribution in [1.29, 1.82) is 0 Å². The molecule has 0 atom stereocenters. The van der Waals surface area contributed by atoms with Gasteiger partial charge in [-0.1, -0.05) is 5.57 Å². The predicted molar refractivity (Wildman–Crippen MR) is 36.9 cm³/mol. The molecule has 0 aliphatic carbocycles. The summed E-state index contributed by atoms with van der Waals surface area (Å²) >= 11 is 0. The summed E-state index contributed by atoms with van der Waals surface area (Å²) < 4.78 is 19.5. The molecule has 2 nitrogen and oxygen atoms in total. The van der Waals surface area contributed by atoms with Crippen LogP contribution in [0.5, 0.6) is 0 Å². The molecule has 0 aromatic carbocycles. The van der Waals surface area contributed by atoms with E-state index in [1.54, 1.807) is 13.8 Å². The monoisotopic (exact) mass is 144 g/mol. The van der Waals surface area contributed by atoms with Crippen LogP contribution in [-0.2, 0) is 10.7 Å². The zero-order valence-corrected chi connectivity index (χ0v) is 5.24. The third-order valence-electron chi connectivity index (χ3n) is 0.364. The third-order valence-corrected chi connectivity index (χ3v) is 1.09. The van der Waals surface area contributed by atoms with Crippen LogP contribution in [0.25, 0.3) is 0 Å². The van der Waals surface area contributed by atoms with E-state index in [2.05, 4.69) is 0 Å². The van der Waals surface area contributed by atoms with Gasteiger partial charge in [0.05, 0.1) is 0 Å². The van der Waals surface area contributed by atoms with Crippen molar-refractivity contribution >= 4 is 40.3 Å². The van der Waals surface area contributed by atoms with Crippen LogP contribution in [0.2, 0.25) is 0 Å². The van der Waals surface area contributed by atoms with Crippen LogP contribution < -0.4 is 0 Å². The van der Waals surface area contributed by atoms with Gasteiger partial charge in [-0.3, -0.25) is 0 Å². The molecule has 0 aromatic heterocycles. The van der Waals surface area contributed by atoms with Gasteiger partial charge < -0.3 is 0 Å². The molecule has 0 saturated heterocycles. The molecule has 0 rings (SSSR count). The number of allylic oxidation sites excluding steroid dienone is 1. The van der Waals surface area contributed by atoms with E-state index in [-0.39, 0.29) is 29.6 Å². The summed E-state index contributed by atoms with van der Waals surface area (Å²) in [7, 11) is -2.30. The van der Waals surface area contributed by atoms with Crippen LogP contribution in [0.1, 0.15) is 13.8 Å². The Balaban J connectivity index is 0. The van der Waals surface area contributed by atoms with Gasteiger partial charge in [-0.25, -0.2) is 8.42 Å². The van der Waals surface area contributed by atoms with E-state index in [0.29, 0.717) is 0 Å². The van der Waals surface area contributed by atoms with Gasteiger partial charge in [-0.2, -0.15) is 0 Å². The minimum absolute atomic E-state index is 0. The molecule has 0 aliphatic heterocycles. The number of rotatable bonds is 1. The molecule has 0 heterocycles.